The Balaban J connectivity index is 2.11. The topological polar surface area (TPSA) is 52.6 Å². The second kappa shape index (κ2) is 27.7. The zero-order chi connectivity index (χ0) is 25.8. The van der Waals surface area contributed by atoms with Gasteiger partial charge in [-0.3, -0.25) is 9.59 Å². The predicted molar refractivity (Wildman–Crippen MR) is 158 cm³/mol. The van der Waals surface area contributed by atoms with E-state index in [1.807, 2.05) is 23.5 Å². The van der Waals surface area contributed by atoms with Crippen molar-refractivity contribution in [3.63, 3.8) is 0 Å². The molecule has 0 spiro atoms. The summed E-state index contributed by atoms with van der Waals surface area (Å²) < 4.78 is 10.8. The van der Waals surface area contributed by atoms with Crippen LogP contribution in [0.5, 0.6) is 0 Å². The van der Waals surface area contributed by atoms with E-state index in [0.717, 1.165) is 51.4 Å². The number of hydrogen-bond acceptors (Lipinski definition) is 6. The lowest BCUT2D eigenvalue weighted by Gasteiger charge is -2.06. The van der Waals surface area contributed by atoms with Crippen LogP contribution < -0.4 is 0 Å². The van der Waals surface area contributed by atoms with Crippen LogP contribution in [-0.4, -0.2) is 48.2 Å². The van der Waals surface area contributed by atoms with Gasteiger partial charge in [-0.05, 0) is 74.4 Å². The van der Waals surface area contributed by atoms with Crippen molar-refractivity contribution in [1.82, 2.24) is 0 Å². The lowest BCUT2D eigenvalue weighted by atomic mass is 10.1. The monoisotopic (exact) mass is 544 g/mol. The smallest absolute Gasteiger partial charge is 0.305 e. The quantitative estimate of drug-likeness (QED) is 0.283. The molecule has 1 fully saturated rings. The molecule has 4 nitrogen and oxygen atoms in total. The molecule has 0 bridgehead atoms. The number of hydrogen-bond donors (Lipinski definition) is 0. The molecule has 0 unspecified atom stereocenters. The summed E-state index contributed by atoms with van der Waals surface area (Å²) in [4.78, 5) is 23.7. The molecule has 1 rings (SSSR count). The van der Waals surface area contributed by atoms with Crippen molar-refractivity contribution in [3.8, 4) is 0 Å². The Morgan fingerprint density at radius 2 is 0.639 bits per heavy atom. The average Bonchev–Trinajstić information content (AvgIpc) is 2.87. The average molecular weight is 545 g/mol. The van der Waals surface area contributed by atoms with Gasteiger partial charge in [0.05, 0.1) is 13.2 Å². The van der Waals surface area contributed by atoms with E-state index in [9.17, 15) is 9.59 Å². The Bertz CT molecular complexity index is 417. The number of rotatable bonds is 0. The van der Waals surface area contributed by atoms with Gasteiger partial charge in [-0.2, -0.15) is 23.5 Å². The minimum Gasteiger partial charge on any atom is -0.466 e. The molecule has 1 aliphatic heterocycles. The van der Waals surface area contributed by atoms with Crippen molar-refractivity contribution >= 4 is 35.5 Å². The number of carbonyl (C=O) groups is 2. The van der Waals surface area contributed by atoms with Gasteiger partial charge in [0.15, 0.2) is 0 Å². The molecule has 6 heteroatoms. The molecule has 0 amide bonds. The Morgan fingerprint density at radius 1 is 0.361 bits per heavy atom. The summed E-state index contributed by atoms with van der Waals surface area (Å²) in [6.07, 6.45) is 25.3. The molecule has 1 aliphatic rings. The number of ether oxygens (including phenoxy) is 2. The molecule has 0 aromatic heterocycles. The first-order chi connectivity index (χ1) is 17.8. The molecule has 0 saturated carbocycles. The minimum absolute atomic E-state index is 0.00154. The van der Waals surface area contributed by atoms with E-state index >= 15 is 0 Å². The second-order valence-electron chi connectivity index (χ2n) is 10.2. The van der Waals surface area contributed by atoms with E-state index in [-0.39, 0.29) is 11.9 Å². The van der Waals surface area contributed by atoms with Crippen LogP contribution in [-0.2, 0) is 19.1 Å². The standard InChI is InChI=1S/C30H56O4S2/c31-29-21-13-9-5-1-3-7-11-17-25-35-27-19-16-24-34-30(32)22-14-10-6-2-4-8-12-18-26-36-28-20-15-23-33-29/h1-28H2. The van der Waals surface area contributed by atoms with Crippen LogP contribution in [0.4, 0.5) is 0 Å². The van der Waals surface area contributed by atoms with E-state index < -0.39 is 0 Å². The second-order valence-corrected chi connectivity index (χ2v) is 12.7. The maximum absolute atomic E-state index is 11.9. The fraction of sp³-hybridized carbons (Fsp3) is 0.933. The number of cyclic esters (lactones) is 2. The Labute approximate surface area is 231 Å². The largest absolute Gasteiger partial charge is 0.466 e. The summed E-state index contributed by atoms with van der Waals surface area (Å²) in [5.41, 5.74) is 0. The highest BCUT2D eigenvalue weighted by molar-refractivity contribution is 7.99. The molecule has 1 heterocycles. The summed E-state index contributed by atoms with van der Waals surface area (Å²) in [6, 6.07) is 0. The first-order valence-electron chi connectivity index (χ1n) is 15.3. The normalized spacial score (nSPS) is 23.0. The van der Waals surface area contributed by atoms with Crippen LogP contribution in [0.2, 0.25) is 0 Å². The maximum Gasteiger partial charge on any atom is 0.305 e. The first-order valence-corrected chi connectivity index (χ1v) is 17.6. The molecular formula is C30H56O4S2. The van der Waals surface area contributed by atoms with Crippen molar-refractivity contribution in [2.45, 2.75) is 141 Å². The van der Waals surface area contributed by atoms with E-state index in [1.165, 1.54) is 100 Å². The van der Waals surface area contributed by atoms with Crippen molar-refractivity contribution in [2.24, 2.45) is 0 Å². The van der Waals surface area contributed by atoms with Crippen molar-refractivity contribution < 1.29 is 19.1 Å². The molecule has 0 aromatic rings. The zero-order valence-corrected chi connectivity index (χ0v) is 24.9. The summed E-state index contributed by atoms with van der Waals surface area (Å²) in [5.74, 6) is 4.86. The molecule has 0 aliphatic carbocycles. The van der Waals surface area contributed by atoms with E-state index in [0.29, 0.717) is 26.1 Å². The third kappa shape index (κ3) is 25.3. The third-order valence-electron chi connectivity index (χ3n) is 6.73. The third-order valence-corrected chi connectivity index (χ3v) is 9.04. The molecule has 0 atom stereocenters. The van der Waals surface area contributed by atoms with Gasteiger partial charge in [0.1, 0.15) is 0 Å². The minimum atomic E-state index is -0.00154. The highest BCUT2D eigenvalue weighted by atomic mass is 32.2. The van der Waals surface area contributed by atoms with Gasteiger partial charge in [-0.15, -0.1) is 0 Å². The highest BCUT2D eigenvalue weighted by Gasteiger charge is 2.04. The molecule has 1 saturated heterocycles. The molecule has 36 heavy (non-hydrogen) atoms. The molecular weight excluding hydrogens is 488 g/mol. The number of esters is 2. The summed E-state index contributed by atoms with van der Waals surface area (Å²) in [5, 5.41) is 0. The first kappa shape index (κ1) is 33.7. The van der Waals surface area contributed by atoms with Crippen LogP contribution in [0.25, 0.3) is 0 Å². The van der Waals surface area contributed by atoms with Gasteiger partial charge in [0, 0.05) is 12.8 Å². The van der Waals surface area contributed by atoms with Crippen LogP contribution >= 0.6 is 23.5 Å². The van der Waals surface area contributed by atoms with Crippen LogP contribution in [0, 0.1) is 0 Å². The highest BCUT2D eigenvalue weighted by Crippen LogP contribution is 2.15. The van der Waals surface area contributed by atoms with E-state index in [4.69, 9.17) is 9.47 Å². The van der Waals surface area contributed by atoms with Gasteiger partial charge in [0.2, 0.25) is 0 Å². The van der Waals surface area contributed by atoms with Gasteiger partial charge >= 0.3 is 11.9 Å². The Hall–Kier alpha value is -0.360. The predicted octanol–water partition coefficient (Wildman–Crippen LogP) is 9.14. The fourth-order valence-corrected chi connectivity index (χ4v) is 6.44. The van der Waals surface area contributed by atoms with Gasteiger partial charge in [-0.1, -0.05) is 77.0 Å². The van der Waals surface area contributed by atoms with Crippen LogP contribution in [0.15, 0.2) is 0 Å². The molecule has 0 radical (unpaired) electrons. The zero-order valence-electron chi connectivity index (χ0n) is 23.2. The van der Waals surface area contributed by atoms with Crippen LogP contribution in [0.3, 0.4) is 0 Å². The fourth-order valence-electron chi connectivity index (χ4n) is 4.40. The molecule has 0 N–H and O–H groups in total. The number of thioether (sulfide) groups is 2. The van der Waals surface area contributed by atoms with Gasteiger partial charge in [0.25, 0.3) is 0 Å². The summed E-state index contributed by atoms with van der Waals surface area (Å²) >= 11 is 4.08. The van der Waals surface area contributed by atoms with Crippen molar-refractivity contribution in [2.75, 3.05) is 36.2 Å². The maximum atomic E-state index is 11.9. The SMILES string of the molecule is O=C1CCCCCCCCCCSCCCCOC(=O)CCCCCCCCCCSCCCCO1. The Morgan fingerprint density at radius 3 is 1.00 bits per heavy atom. The summed E-state index contributed by atoms with van der Waals surface area (Å²) in [7, 11) is 0. The molecule has 212 valence electrons. The van der Waals surface area contributed by atoms with Crippen molar-refractivity contribution in [1.29, 1.82) is 0 Å². The van der Waals surface area contributed by atoms with Crippen molar-refractivity contribution in [3.05, 3.63) is 0 Å². The van der Waals surface area contributed by atoms with Gasteiger partial charge < -0.3 is 9.47 Å². The number of carbonyl (C=O) groups excluding carboxylic acids is 2. The summed E-state index contributed by atoms with van der Waals surface area (Å²) in [6.45, 7) is 1.19. The Kier molecular flexibility index (Phi) is 25.9. The van der Waals surface area contributed by atoms with E-state index in [2.05, 4.69) is 0 Å². The van der Waals surface area contributed by atoms with E-state index in [1.54, 1.807) is 0 Å². The molecule has 0 aromatic carbocycles. The van der Waals surface area contributed by atoms with Crippen LogP contribution in [0.1, 0.15) is 141 Å². The lowest BCUT2D eigenvalue weighted by Crippen LogP contribution is -2.06. The lowest BCUT2D eigenvalue weighted by molar-refractivity contribution is -0.144. The van der Waals surface area contributed by atoms with Gasteiger partial charge in [-0.25, -0.2) is 0 Å².